The van der Waals surface area contributed by atoms with Gasteiger partial charge in [-0.05, 0) is 68.6 Å². The van der Waals surface area contributed by atoms with E-state index in [9.17, 15) is 4.39 Å². The molecule has 0 unspecified atom stereocenters. The summed E-state index contributed by atoms with van der Waals surface area (Å²) in [5, 5.41) is 4.03. The number of halogens is 1. The summed E-state index contributed by atoms with van der Waals surface area (Å²) in [5.74, 6) is -0.179. The van der Waals surface area contributed by atoms with Crippen LogP contribution in [-0.4, -0.2) is 30.4 Å². The molecule has 0 saturated carbocycles. The summed E-state index contributed by atoms with van der Waals surface area (Å²) >= 11 is 5.56. The van der Waals surface area contributed by atoms with Gasteiger partial charge >= 0.3 is 0 Å². The minimum Gasteiger partial charge on any atom is -0.376 e. The molecule has 0 aliphatic carbocycles. The number of thiocarbonyl (C=S) groups is 1. The number of aryl methyl sites for hydroxylation is 1. The number of anilines is 1. The van der Waals surface area contributed by atoms with E-state index in [0.717, 1.165) is 50.1 Å². The van der Waals surface area contributed by atoms with Crippen LogP contribution in [-0.2, 0) is 11.2 Å². The van der Waals surface area contributed by atoms with Crippen LogP contribution in [0.15, 0.2) is 18.2 Å². The fraction of sp³-hybridized carbons (Fsp3) is 0.562. The lowest BCUT2D eigenvalue weighted by molar-refractivity contribution is 0.114. The van der Waals surface area contributed by atoms with Crippen molar-refractivity contribution < 1.29 is 9.13 Å². The molecule has 0 amide bonds. The lowest BCUT2D eigenvalue weighted by Gasteiger charge is -2.37. The van der Waals surface area contributed by atoms with Gasteiger partial charge in [-0.25, -0.2) is 4.39 Å². The van der Waals surface area contributed by atoms with Gasteiger partial charge in [0.05, 0.1) is 6.10 Å². The summed E-state index contributed by atoms with van der Waals surface area (Å²) in [6.07, 6.45) is 4.36. The highest BCUT2D eigenvalue weighted by molar-refractivity contribution is 7.80. The second-order valence-electron chi connectivity index (χ2n) is 5.85. The molecule has 21 heavy (non-hydrogen) atoms. The largest absolute Gasteiger partial charge is 0.376 e. The molecule has 1 fully saturated rings. The van der Waals surface area contributed by atoms with Gasteiger partial charge in [-0.1, -0.05) is 0 Å². The van der Waals surface area contributed by atoms with Gasteiger partial charge in [0, 0.05) is 24.9 Å². The van der Waals surface area contributed by atoms with Gasteiger partial charge in [0.2, 0.25) is 0 Å². The molecule has 5 heteroatoms. The number of benzene rings is 1. The van der Waals surface area contributed by atoms with E-state index < -0.39 is 0 Å². The van der Waals surface area contributed by atoms with Crippen LogP contribution < -0.4 is 10.2 Å². The van der Waals surface area contributed by atoms with Crippen LogP contribution in [0.4, 0.5) is 10.1 Å². The molecule has 114 valence electrons. The van der Waals surface area contributed by atoms with Gasteiger partial charge in [0.15, 0.2) is 5.11 Å². The Kier molecular flexibility index (Phi) is 4.40. The van der Waals surface area contributed by atoms with Crippen molar-refractivity contribution in [3.63, 3.8) is 0 Å². The standard InChI is InChI=1S/C16H21FN2OS/c1-11-4-5-12-9-13(17)6-7-15(12)19(11)16(21)18-10-14-3-2-8-20-14/h6-7,9,11,14H,2-5,8,10H2,1H3,(H,18,21)/t11-,14-/m1/s1. The van der Waals surface area contributed by atoms with Crippen molar-refractivity contribution in [3.8, 4) is 0 Å². The molecule has 0 bridgehead atoms. The molecule has 1 saturated heterocycles. The van der Waals surface area contributed by atoms with E-state index in [1.54, 1.807) is 6.07 Å². The zero-order chi connectivity index (χ0) is 14.8. The van der Waals surface area contributed by atoms with Gasteiger partial charge in [-0.15, -0.1) is 0 Å². The minimum absolute atomic E-state index is 0.179. The number of ether oxygens (including phenoxy) is 1. The van der Waals surface area contributed by atoms with Crippen molar-refractivity contribution in [2.75, 3.05) is 18.1 Å². The lowest BCUT2D eigenvalue weighted by atomic mass is 9.97. The van der Waals surface area contributed by atoms with Crippen LogP contribution in [0, 0.1) is 5.82 Å². The Balaban J connectivity index is 1.72. The third-order valence-corrected chi connectivity index (χ3v) is 4.64. The van der Waals surface area contributed by atoms with Gasteiger partial charge < -0.3 is 15.0 Å². The highest BCUT2D eigenvalue weighted by atomic mass is 32.1. The van der Waals surface area contributed by atoms with E-state index in [0.29, 0.717) is 11.2 Å². The molecule has 2 aliphatic rings. The first-order chi connectivity index (χ1) is 10.1. The number of hydrogen-bond donors (Lipinski definition) is 1. The molecule has 1 aromatic rings. The van der Waals surface area contributed by atoms with Crippen LogP contribution in [0.5, 0.6) is 0 Å². The predicted molar refractivity (Wildman–Crippen MR) is 86.2 cm³/mol. The monoisotopic (exact) mass is 308 g/mol. The summed E-state index contributed by atoms with van der Waals surface area (Å²) < 4.78 is 19.0. The molecule has 2 heterocycles. The zero-order valence-corrected chi connectivity index (χ0v) is 13.1. The first-order valence-electron chi connectivity index (χ1n) is 7.62. The van der Waals surface area contributed by atoms with E-state index in [-0.39, 0.29) is 11.9 Å². The van der Waals surface area contributed by atoms with Crippen molar-refractivity contribution in [2.24, 2.45) is 0 Å². The molecule has 0 spiro atoms. The molecular weight excluding hydrogens is 287 g/mol. The molecule has 2 atom stereocenters. The molecule has 3 rings (SSSR count). The highest BCUT2D eigenvalue weighted by Gasteiger charge is 2.27. The van der Waals surface area contributed by atoms with E-state index in [1.807, 2.05) is 6.07 Å². The van der Waals surface area contributed by atoms with Gasteiger partial charge in [0.1, 0.15) is 5.82 Å². The fourth-order valence-electron chi connectivity index (χ4n) is 3.12. The maximum Gasteiger partial charge on any atom is 0.173 e. The average molecular weight is 308 g/mol. The van der Waals surface area contributed by atoms with Crippen molar-refractivity contribution in [2.45, 2.75) is 44.8 Å². The molecular formula is C16H21FN2OS. The maximum absolute atomic E-state index is 13.4. The summed E-state index contributed by atoms with van der Waals surface area (Å²) in [6.45, 7) is 3.76. The molecule has 0 radical (unpaired) electrons. The van der Waals surface area contributed by atoms with Crippen LogP contribution in [0.2, 0.25) is 0 Å². The van der Waals surface area contributed by atoms with Gasteiger partial charge in [0.25, 0.3) is 0 Å². The Morgan fingerprint density at radius 2 is 2.33 bits per heavy atom. The first kappa shape index (κ1) is 14.7. The minimum atomic E-state index is -0.179. The number of rotatable bonds is 2. The normalized spacial score (nSPS) is 24.8. The second-order valence-corrected chi connectivity index (χ2v) is 6.24. The Morgan fingerprint density at radius 3 is 3.10 bits per heavy atom. The Labute approximate surface area is 130 Å². The molecule has 1 aromatic carbocycles. The summed E-state index contributed by atoms with van der Waals surface area (Å²) in [7, 11) is 0. The average Bonchev–Trinajstić information content (AvgIpc) is 2.98. The quantitative estimate of drug-likeness (QED) is 0.849. The fourth-order valence-corrected chi connectivity index (χ4v) is 3.48. The van der Waals surface area contributed by atoms with Crippen LogP contribution in [0.1, 0.15) is 31.7 Å². The zero-order valence-electron chi connectivity index (χ0n) is 12.3. The van der Waals surface area contributed by atoms with E-state index >= 15 is 0 Å². The number of nitrogens with one attached hydrogen (secondary N) is 1. The van der Waals surface area contributed by atoms with Crippen molar-refractivity contribution in [1.29, 1.82) is 0 Å². The third kappa shape index (κ3) is 3.19. The lowest BCUT2D eigenvalue weighted by Crippen LogP contribution is -2.49. The predicted octanol–water partition coefficient (Wildman–Crippen LogP) is 3.02. The third-order valence-electron chi connectivity index (χ3n) is 4.30. The number of nitrogens with zero attached hydrogens (tertiary/aromatic N) is 1. The molecule has 0 aromatic heterocycles. The van der Waals surface area contributed by atoms with Gasteiger partial charge in [-0.3, -0.25) is 0 Å². The van der Waals surface area contributed by atoms with E-state index in [4.69, 9.17) is 17.0 Å². The topological polar surface area (TPSA) is 24.5 Å². The smallest absolute Gasteiger partial charge is 0.173 e. The summed E-state index contributed by atoms with van der Waals surface area (Å²) in [4.78, 5) is 2.11. The van der Waals surface area contributed by atoms with E-state index in [1.165, 1.54) is 6.07 Å². The Hall–Kier alpha value is -1.20. The number of hydrogen-bond acceptors (Lipinski definition) is 2. The van der Waals surface area contributed by atoms with Gasteiger partial charge in [-0.2, -0.15) is 0 Å². The molecule has 1 N–H and O–H groups in total. The molecule has 2 aliphatic heterocycles. The summed E-state index contributed by atoms with van der Waals surface area (Å²) in [5.41, 5.74) is 2.06. The van der Waals surface area contributed by atoms with Crippen LogP contribution in [0.3, 0.4) is 0 Å². The number of fused-ring (bicyclic) bond motifs is 1. The van der Waals surface area contributed by atoms with Crippen LogP contribution in [0.25, 0.3) is 0 Å². The SMILES string of the molecule is C[C@@H]1CCc2cc(F)ccc2N1C(=S)NC[C@H]1CCCO1. The van der Waals surface area contributed by atoms with Crippen molar-refractivity contribution >= 4 is 23.0 Å². The highest BCUT2D eigenvalue weighted by Crippen LogP contribution is 2.31. The van der Waals surface area contributed by atoms with Crippen molar-refractivity contribution in [3.05, 3.63) is 29.6 Å². The van der Waals surface area contributed by atoms with Crippen molar-refractivity contribution in [1.82, 2.24) is 5.32 Å². The molecule has 3 nitrogen and oxygen atoms in total. The summed E-state index contributed by atoms with van der Waals surface area (Å²) in [6, 6.07) is 5.29. The maximum atomic E-state index is 13.4. The van der Waals surface area contributed by atoms with E-state index in [2.05, 4.69) is 17.1 Å². The Bertz CT molecular complexity index is 531. The van der Waals surface area contributed by atoms with Crippen LogP contribution >= 0.6 is 12.2 Å². The Morgan fingerprint density at radius 1 is 1.48 bits per heavy atom. The second kappa shape index (κ2) is 6.28. The first-order valence-corrected chi connectivity index (χ1v) is 8.03.